The first-order chi connectivity index (χ1) is 12.2. The standard InChI is InChI=1S/C20H24N2O4/c1-19(2)7-12-18(14(24)8-19)15(25-22-12)6-5-11-17-13(23)9-20(3,4)10-16(17)26-21-11/h5-10H2,1-4H3. The van der Waals surface area contributed by atoms with Crippen molar-refractivity contribution in [2.45, 2.75) is 66.2 Å². The maximum atomic E-state index is 12.5. The largest absolute Gasteiger partial charge is 0.360 e. The molecule has 6 heteroatoms. The number of ketones is 2. The normalized spacial score (nSPS) is 20.8. The lowest BCUT2D eigenvalue weighted by molar-refractivity contribution is 0.0894. The van der Waals surface area contributed by atoms with Gasteiger partial charge in [-0.15, -0.1) is 0 Å². The van der Waals surface area contributed by atoms with Crippen LogP contribution in [0.2, 0.25) is 0 Å². The van der Waals surface area contributed by atoms with Gasteiger partial charge >= 0.3 is 0 Å². The summed E-state index contributed by atoms with van der Waals surface area (Å²) in [6.07, 6.45) is 3.45. The number of hydrogen-bond donors (Lipinski definition) is 0. The predicted molar refractivity (Wildman–Crippen MR) is 93.3 cm³/mol. The SMILES string of the molecule is CC1(C)CC(=O)c2c(noc2CCc2noc3c2C(=O)CC(C)(C)C3)C1. The fourth-order valence-electron chi connectivity index (χ4n) is 4.23. The monoisotopic (exact) mass is 356 g/mol. The number of nitrogens with zero attached hydrogens (tertiary/aromatic N) is 2. The van der Waals surface area contributed by atoms with Crippen molar-refractivity contribution in [3.05, 3.63) is 34.0 Å². The fraction of sp³-hybridized carbons (Fsp3) is 0.600. The molecular formula is C20H24N2O4. The third-order valence-corrected chi connectivity index (χ3v) is 5.38. The molecule has 2 aromatic rings. The van der Waals surface area contributed by atoms with Crippen molar-refractivity contribution in [2.75, 3.05) is 0 Å². The summed E-state index contributed by atoms with van der Waals surface area (Å²) in [5, 5.41) is 8.24. The summed E-state index contributed by atoms with van der Waals surface area (Å²) >= 11 is 0. The van der Waals surface area contributed by atoms with Crippen LogP contribution in [0.3, 0.4) is 0 Å². The van der Waals surface area contributed by atoms with Gasteiger partial charge in [-0.3, -0.25) is 9.59 Å². The Morgan fingerprint density at radius 2 is 1.46 bits per heavy atom. The molecule has 0 saturated carbocycles. The molecule has 138 valence electrons. The summed E-state index contributed by atoms with van der Waals surface area (Å²) < 4.78 is 10.9. The van der Waals surface area contributed by atoms with Crippen molar-refractivity contribution in [2.24, 2.45) is 10.8 Å². The van der Waals surface area contributed by atoms with Crippen LogP contribution < -0.4 is 0 Å². The van der Waals surface area contributed by atoms with Gasteiger partial charge in [-0.05, 0) is 17.3 Å². The molecule has 2 aromatic heterocycles. The number of Topliss-reactive ketones (excluding diaryl/α,β-unsaturated/α-hetero) is 2. The van der Waals surface area contributed by atoms with Gasteiger partial charge in [0.2, 0.25) is 0 Å². The molecule has 0 N–H and O–H groups in total. The molecule has 0 unspecified atom stereocenters. The Hall–Kier alpha value is -2.24. The zero-order valence-corrected chi connectivity index (χ0v) is 15.8. The zero-order valence-electron chi connectivity index (χ0n) is 15.8. The second kappa shape index (κ2) is 5.63. The summed E-state index contributed by atoms with van der Waals surface area (Å²) in [6.45, 7) is 8.25. The molecular weight excluding hydrogens is 332 g/mol. The molecule has 2 heterocycles. The number of fused-ring (bicyclic) bond motifs is 2. The van der Waals surface area contributed by atoms with Crippen LogP contribution in [0.1, 0.15) is 84.2 Å². The molecule has 0 fully saturated rings. The Kier molecular flexibility index (Phi) is 3.72. The van der Waals surface area contributed by atoms with Gasteiger partial charge in [0, 0.05) is 32.1 Å². The predicted octanol–water partition coefficient (Wildman–Crippen LogP) is 3.76. The summed E-state index contributed by atoms with van der Waals surface area (Å²) in [4.78, 5) is 25.0. The Balaban J connectivity index is 1.56. The van der Waals surface area contributed by atoms with Crippen molar-refractivity contribution in [3.63, 3.8) is 0 Å². The van der Waals surface area contributed by atoms with Crippen LogP contribution in [-0.4, -0.2) is 21.9 Å². The molecule has 2 aliphatic rings. The first kappa shape index (κ1) is 17.2. The lowest BCUT2D eigenvalue weighted by Gasteiger charge is -2.27. The highest BCUT2D eigenvalue weighted by atomic mass is 16.5. The number of carbonyl (C=O) groups excluding carboxylic acids is 2. The molecule has 4 rings (SSSR count). The molecule has 0 amide bonds. The lowest BCUT2D eigenvalue weighted by atomic mass is 9.75. The Bertz CT molecular complexity index is 827. The average molecular weight is 356 g/mol. The third-order valence-electron chi connectivity index (χ3n) is 5.38. The second-order valence-corrected chi connectivity index (χ2v) is 9.24. The van der Waals surface area contributed by atoms with E-state index in [1.165, 1.54) is 0 Å². The Morgan fingerprint density at radius 1 is 0.808 bits per heavy atom. The molecule has 2 aliphatic carbocycles. The summed E-state index contributed by atoms with van der Waals surface area (Å²) in [6, 6.07) is 0. The van der Waals surface area contributed by atoms with E-state index < -0.39 is 0 Å². The van der Waals surface area contributed by atoms with Gasteiger partial charge in [0.15, 0.2) is 11.6 Å². The van der Waals surface area contributed by atoms with Crippen LogP contribution >= 0.6 is 0 Å². The van der Waals surface area contributed by atoms with Crippen molar-refractivity contribution in [1.29, 1.82) is 0 Å². The minimum absolute atomic E-state index is 0.0807. The Labute approximate surface area is 152 Å². The van der Waals surface area contributed by atoms with Gasteiger partial charge in [-0.2, -0.15) is 0 Å². The molecule has 6 nitrogen and oxygen atoms in total. The van der Waals surface area contributed by atoms with Gasteiger partial charge < -0.3 is 9.05 Å². The van der Waals surface area contributed by atoms with Gasteiger partial charge in [0.1, 0.15) is 11.5 Å². The maximum Gasteiger partial charge on any atom is 0.168 e. The third kappa shape index (κ3) is 2.91. The molecule has 0 radical (unpaired) electrons. The van der Waals surface area contributed by atoms with E-state index in [2.05, 4.69) is 38.0 Å². The smallest absolute Gasteiger partial charge is 0.168 e. The van der Waals surface area contributed by atoms with Gasteiger partial charge in [0.05, 0.1) is 22.5 Å². The maximum absolute atomic E-state index is 12.5. The fourth-order valence-corrected chi connectivity index (χ4v) is 4.23. The lowest BCUT2D eigenvalue weighted by Crippen LogP contribution is -2.27. The highest BCUT2D eigenvalue weighted by molar-refractivity contribution is 6.00. The zero-order chi connectivity index (χ0) is 18.7. The molecule has 0 aliphatic heterocycles. The van der Waals surface area contributed by atoms with Crippen LogP contribution in [0.5, 0.6) is 0 Å². The molecule has 26 heavy (non-hydrogen) atoms. The molecule has 0 spiro atoms. The number of carbonyl (C=O) groups is 2. The van der Waals surface area contributed by atoms with Crippen LogP contribution in [0.25, 0.3) is 0 Å². The minimum Gasteiger partial charge on any atom is -0.360 e. The van der Waals surface area contributed by atoms with E-state index >= 15 is 0 Å². The number of rotatable bonds is 3. The highest BCUT2D eigenvalue weighted by Crippen LogP contribution is 2.38. The molecule has 0 saturated heterocycles. The van der Waals surface area contributed by atoms with E-state index in [0.717, 1.165) is 12.1 Å². The van der Waals surface area contributed by atoms with E-state index in [1.54, 1.807) is 0 Å². The van der Waals surface area contributed by atoms with Crippen LogP contribution in [0.15, 0.2) is 9.05 Å². The molecule has 0 atom stereocenters. The van der Waals surface area contributed by atoms with Crippen molar-refractivity contribution in [3.8, 4) is 0 Å². The van der Waals surface area contributed by atoms with Crippen LogP contribution in [0, 0.1) is 10.8 Å². The van der Waals surface area contributed by atoms with E-state index in [0.29, 0.717) is 60.4 Å². The number of hydrogen-bond acceptors (Lipinski definition) is 6. The quantitative estimate of drug-likeness (QED) is 0.832. The topological polar surface area (TPSA) is 86.2 Å². The van der Waals surface area contributed by atoms with Crippen molar-refractivity contribution >= 4 is 11.6 Å². The van der Waals surface area contributed by atoms with E-state index in [1.807, 2.05) is 0 Å². The van der Waals surface area contributed by atoms with E-state index in [4.69, 9.17) is 9.05 Å². The molecule has 0 bridgehead atoms. The van der Waals surface area contributed by atoms with E-state index in [-0.39, 0.29) is 22.4 Å². The summed E-state index contributed by atoms with van der Waals surface area (Å²) in [5.41, 5.74) is 2.50. The average Bonchev–Trinajstić information content (AvgIpc) is 3.06. The second-order valence-electron chi connectivity index (χ2n) is 9.24. The highest BCUT2D eigenvalue weighted by Gasteiger charge is 2.38. The first-order valence-electron chi connectivity index (χ1n) is 9.16. The van der Waals surface area contributed by atoms with Crippen molar-refractivity contribution in [1.82, 2.24) is 10.3 Å². The van der Waals surface area contributed by atoms with E-state index in [9.17, 15) is 9.59 Å². The summed E-state index contributed by atoms with van der Waals surface area (Å²) in [5.74, 6) is 1.46. The van der Waals surface area contributed by atoms with Crippen LogP contribution in [-0.2, 0) is 25.7 Å². The minimum atomic E-state index is -0.0931. The Morgan fingerprint density at radius 3 is 2.19 bits per heavy atom. The number of aromatic nitrogens is 2. The molecule has 0 aromatic carbocycles. The van der Waals surface area contributed by atoms with Crippen LogP contribution in [0.4, 0.5) is 0 Å². The number of aryl methyl sites for hydroxylation is 2. The van der Waals surface area contributed by atoms with Crippen molar-refractivity contribution < 1.29 is 18.6 Å². The van der Waals surface area contributed by atoms with Gasteiger partial charge in [-0.1, -0.05) is 38.0 Å². The van der Waals surface area contributed by atoms with Gasteiger partial charge in [-0.25, -0.2) is 0 Å². The first-order valence-corrected chi connectivity index (χ1v) is 9.16. The van der Waals surface area contributed by atoms with Gasteiger partial charge in [0.25, 0.3) is 0 Å². The summed E-state index contributed by atoms with van der Waals surface area (Å²) in [7, 11) is 0.